The Morgan fingerprint density at radius 2 is 2.00 bits per heavy atom. The molecule has 0 aliphatic heterocycles. The van der Waals surface area contributed by atoms with Crippen molar-refractivity contribution in [2.75, 3.05) is 6.61 Å². The van der Waals surface area contributed by atoms with Gasteiger partial charge in [-0.15, -0.1) is 12.6 Å². The van der Waals surface area contributed by atoms with Crippen LogP contribution in [0.2, 0.25) is 0 Å². The van der Waals surface area contributed by atoms with Gasteiger partial charge >= 0.3 is 0 Å². The Morgan fingerprint density at radius 1 is 1.50 bits per heavy atom. The van der Waals surface area contributed by atoms with Crippen molar-refractivity contribution in [3.05, 3.63) is 0 Å². The Bertz CT molecular complexity index is 54.5. The molecule has 0 saturated carbocycles. The van der Waals surface area contributed by atoms with Gasteiger partial charge < -0.3 is 4.74 Å². The fraction of sp³-hybridized carbons (Fsp3) is 1.00. The quantitative estimate of drug-likeness (QED) is 0.458. The first-order valence-corrected chi connectivity index (χ1v) is 3.49. The van der Waals surface area contributed by atoms with Crippen molar-refractivity contribution in [2.45, 2.75) is 26.2 Å². The van der Waals surface area contributed by atoms with Crippen LogP contribution >= 0.6 is 12.6 Å². The minimum atomic E-state index is 0.111. The molecule has 0 radical (unpaired) electrons. The molecule has 50 valence electrons. The smallest absolute Gasteiger partial charge is 0.102 e. The van der Waals surface area contributed by atoms with E-state index in [1.165, 1.54) is 0 Å². The first-order chi connectivity index (χ1) is 3.68. The van der Waals surface area contributed by atoms with Crippen LogP contribution in [0.1, 0.15) is 20.8 Å². The largest absolute Gasteiger partial charge is 0.368 e. The summed E-state index contributed by atoms with van der Waals surface area (Å²) >= 11 is 4.18. The lowest BCUT2D eigenvalue weighted by molar-refractivity contribution is 0.0960. The van der Waals surface area contributed by atoms with Crippen LogP contribution in [0.3, 0.4) is 0 Å². The monoisotopic (exact) mass is 134 g/mol. The molecule has 0 aliphatic rings. The van der Waals surface area contributed by atoms with Crippen LogP contribution in [-0.2, 0) is 4.74 Å². The van der Waals surface area contributed by atoms with E-state index in [4.69, 9.17) is 4.74 Å². The second-order valence-corrected chi connectivity index (χ2v) is 2.60. The molecule has 0 aromatic rings. The maximum absolute atomic E-state index is 5.17. The van der Waals surface area contributed by atoms with Gasteiger partial charge in [0, 0.05) is 6.61 Å². The van der Waals surface area contributed by atoms with Crippen LogP contribution in [0.5, 0.6) is 0 Å². The van der Waals surface area contributed by atoms with Gasteiger partial charge in [-0.05, 0) is 12.8 Å². The Morgan fingerprint density at radius 3 is 2.12 bits per heavy atom. The first-order valence-electron chi connectivity index (χ1n) is 2.98. The van der Waals surface area contributed by atoms with Gasteiger partial charge in [-0.3, -0.25) is 0 Å². The number of rotatable bonds is 3. The zero-order chi connectivity index (χ0) is 6.57. The molecule has 0 spiro atoms. The zero-order valence-corrected chi connectivity index (χ0v) is 6.61. The Labute approximate surface area is 56.8 Å². The summed E-state index contributed by atoms with van der Waals surface area (Å²) in [6.45, 7) is 6.92. The molecule has 0 saturated heterocycles. The predicted molar refractivity (Wildman–Crippen MR) is 39.2 cm³/mol. The molecule has 0 aromatic heterocycles. The highest BCUT2D eigenvalue weighted by Crippen LogP contribution is 2.08. The topological polar surface area (TPSA) is 9.23 Å². The summed E-state index contributed by atoms with van der Waals surface area (Å²) < 4.78 is 5.17. The lowest BCUT2D eigenvalue weighted by atomic mass is 10.2. The van der Waals surface area contributed by atoms with E-state index in [2.05, 4.69) is 26.5 Å². The summed E-state index contributed by atoms with van der Waals surface area (Å²) in [5.74, 6) is 0.512. The molecule has 0 heterocycles. The third kappa shape index (κ3) is 3.33. The lowest BCUT2D eigenvalue weighted by Gasteiger charge is -2.13. The van der Waals surface area contributed by atoms with E-state index >= 15 is 0 Å². The predicted octanol–water partition coefficient (Wildman–Crippen LogP) is 1.93. The van der Waals surface area contributed by atoms with Crippen molar-refractivity contribution in [2.24, 2.45) is 5.92 Å². The SMILES string of the molecule is CCOC(S)C(C)C. The molecule has 2 heteroatoms. The standard InChI is InChI=1S/C6H14OS/c1-4-7-6(8)5(2)3/h5-6,8H,4H2,1-3H3. The third-order valence-corrected chi connectivity index (χ3v) is 1.65. The summed E-state index contributed by atoms with van der Waals surface area (Å²) in [6, 6.07) is 0. The van der Waals surface area contributed by atoms with Crippen molar-refractivity contribution in [3.8, 4) is 0 Å². The minimum absolute atomic E-state index is 0.111. The van der Waals surface area contributed by atoms with Gasteiger partial charge in [0.15, 0.2) is 0 Å². The van der Waals surface area contributed by atoms with E-state index in [1.54, 1.807) is 0 Å². The van der Waals surface area contributed by atoms with Crippen LogP contribution < -0.4 is 0 Å². The molecule has 0 amide bonds. The maximum atomic E-state index is 5.17. The van der Waals surface area contributed by atoms with E-state index in [-0.39, 0.29) is 5.44 Å². The van der Waals surface area contributed by atoms with Crippen LogP contribution in [0.25, 0.3) is 0 Å². The Hall–Kier alpha value is 0.310. The fourth-order valence-corrected chi connectivity index (χ4v) is 0.512. The zero-order valence-electron chi connectivity index (χ0n) is 5.72. The molecular weight excluding hydrogens is 120 g/mol. The van der Waals surface area contributed by atoms with Crippen molar-refractivity contribution < 1.29 is 4.74 Å². The van der Waals surface area contributed by atoms with Crippen molar-refractivity contribution in [1.29, 1.82) is 0 Å². The van der Waals surface area contributed by atoms with Gasteiger partial charge in [0.2, 0.25) is 0 Å². The van der Waals surface area contributed by atoms with Crippen LogP contribution in [-0.4, -0.2) is 12.0 Å². The summed E-state index contributed by atoms with van der Waals surface area (Å²) in [4.78, 5) is 0. The number of hydrogen-bond donors (Lipinski definition) is 1. The highest BCUT2D eigenvalue weighted by molar-refractivity contribution is 7.80. The van der Waals surface area contributed by atoms with Gasteiger partial charge in [-0.2, -0.15) is 0 Å². The van der Waals surface area contributed by atoms with E-state index in [9.17, 15) is 0 Å². The molecule has 1 atom stereocenters. The maximum Gasteiger partial charge on any atom is 0.102 e. The Balaban J connectivity index is 3.17. The molecule has 0 bridgehead atoms. The molecule has 8 heavy (non-hydrogen) atoms. The third-order valence-electron chi connectivity index (χ3n) is 0.908. The van der Waals surface area contributed by atoms with Crippen molar-refractivity contribution in [1.82, 2.24) is 0 Å². The molecule has 1 nitrogen and oxygen atoms in total. The molecular formula is C6H14OS. The van der Waals surface area contributed by atoms with Gasteiger partial charge in [0.25, 0.3) is 0 Å². The lowest BCUT2D eigenvalue weighted by Crippen LogP contribution is -2.11. The fourth-order valence-electron chi connectivity index (χ4n) is 0.363. The van der Waals surface area contributed by atoms with Gasteiger partial charge in [0.1, 0.15) is 5.44 Å². The highest BCUT2D eigenvalue weighted by atomic mass is 32.1. The summed E-state index contributed by atoms with van der Waals surface area (Å²) in [5.41, 5.74) is 0.111. The summed E-state index contributed by atoms with van der Waals surface area (Å²) in [7, 11) is 0. The number of ether oxygens (including phenoxy) is 1. The van der Waals surface area contributed by atoms with E-state index in [1.807, 2.05) is 6.92 Å². The first kappa shape index (κ1) is 8.31. The Kier molecular flexibility index (Phi) is 4.38. The average Bonchev–Trinajstić information content (AvgIpc) is 1.67. The normalized spacial score (nSPS) is 14.6. The van der Waals surface area contributed by atoms with Gasteiger partial charge in [-0.1, -0.05) is 13.8 Å². The van der Waals surface area contributed by atoms with Crippen LogP contribution in [0.4, 0.5) is 0 Å². The molecule has 0 aromatic carbocycles. The highest BCUT2D eigenvalue weighted by Gasteiger charge is 2.04. The minimum Gasteiger partial charge on any atom is -0.368 e. The number of hydrogen-bond acceptors (Lipinski definition) is 2. The molecule has 0 aliphatic carbocycles. The van der Waals surface area contributed by atoms with Crippen molar-refractivity contribution in [3.63, 3.8) is 0 Å². The molecule has 0 N–H and O–H groups in total. The second kappa shape index (κ2) is 4.21. The van der Waals surface area contributed by atoms with Gasteiger partial charge in [0.05, 0.1) is 0 Å². The molecule has 0 rings (SSSR count). The van der Waals surface area contributed by atoms with E-state index < -0.39 is 0 Å². The average molecular weight is 134 g/mol. The molecule has 1 unspecified atom stereocenters. The number of thiol groups is 1. The second-order valence-electron chi connectivity index (χ2n) is 2.09. The van der Waals surface area contributed by atoms with Crippen LogP contribution in [0, 0.1) is 5.92 Å². The van der Waals surface area contributed by atoms with Crippen LogP contribution in [0.15, 0.2) is 0 Å². The summed E-state index contributed by atoms with van der Waals surface area (Å²) in [6.07, 6.45) is 0. The molecule has 0 fully saturated rings. The van der Waals surface area contributed by atoms with E-state index in [0.717, 1.165) is 6.61 Å². The van der Waals surface area contributed by atoms with Crippen molar-refractivity contribution >= 4 is 12.6 Å². The van der Waals surface area contributed by atoms with E-state index in [0.29, 0.717) is 5.92 Å². The van der Waals surface area contributed by atoms with Gasteiger partial charge in [-0.25, -0.2) is 0 Å². The summed E-state index contributed by atoms with van der Waals surface area (Å²) in [5, 5.41) is 0.